The molecule has 0 rings (SSSR count). The first kappa shape index (κ1) is 39.1. The van der Waals surface area contributed by atoms with Crippen LogP contribution in [0.15, 0.2) is 0 Å². The van der Waals surface area contributed by atoms with Crippen LogP contribution in [-0.4, -0.2) is 0 Å². The Labute approximate surface area is 110 Å². The van der Waals surface area contributed by atoms with E-state index in [1.54, 1.807) is 0 Å². The molecule has 0 amide bonds. The molecule has 0 nitrogen and oxygen atoms in total. The predicted molar refractivity (Wildman–Crippen MR) is 21.0 cm³/mol. The maximum absolute atomic E-state index is 2.27. The minimum Gasteiger partial charge on any atom is -1.00 e. The Bertz CT molecular complexity index is 24.7. The van der Waals surface area contributed by atoms with E-state index in [1.807, 2.05) is 0 Å². The van der Waals surface area contributed by atoms with E-state index in [0.29, 0.717) is 19.2 Å². The molecule has 0 radical (unpaired) electrons. The average molecular weight is 313 g/mol. The van der Waals surface area contributed by atoms with Crippen LogP contribution in [0.2, 0.25) is 9.45 Å². The van der Waals surface area contributed by atoms with Gasteiger partial charge in [-0.15, -0.1) is 0 Å². The third-order valence-corrected chi connectivity index (χ3v) is 2.06. The fourth-order valence-electron chi connectivity index (χ4n) is 0.250. The van der Waals surface area contributed by atoms with Crippen LogP contribution in [0.5, 0.6) is 0 Å². The van der Waals surface area contributed by atoms with E-state index in [2.05, 4.69) is 13.8 Å². The summed E-state index contributed by atoms with van der Waals surface area (Å²) in [5, 5.41) is 0. The van der Waals surface area contributed by atoms with Gasteiger partial charge in [0, 0.05) is 0 Å². The van der Waals surface area contributed by atoms with Gasteiger partial charge in [-0.25, -0.2) is 0 Å². The first-order valence-electron chi connectivity index (χ1n) is 2.12. The first-order chi connectivity index (χ1) is 2.41. The smallest absolute Gasteiger partial charge is 1.00 e. The van der Waals surface area contributed by atoms with E-state index in [1.165, 1.54) is 9.45 Å². The van der Waals surface area contributed by atoms with Crippen LogP contribution in [0.4, 0.5) is 0 Å². The van der Waals surface area contributed by atoms with E-state index >= 15 is 0 Å². The van der Waals surface area contributed by atoms with Crippen LogP contribution in [-0.2, 0) is 38.6 Å². The van der Waals surface area contributed by atoms with Gasteiger partial charge in [-0.1, -0.05) is 0 Å². The standard InChI is InChI=1S/2C2H5.4ClH.Ti.Zn/c2*1-2;;;;;;/h2*1H2,2H3;4*1H;;/q;;;;;;2*+2/p-4. The molecule has 0 aromatic carbocycles. The third kappa shape index (κ3) is 46.8. The van der Waals surface area contributed by atoms with Crippen LogP contribution in [0.1, 0.15) is 13.8 Å². The second kappa shape index (κ2) is 41.9. The zero-order valence-corrected chi connectivity index (χ0v) is 13.7. The first-order valence-corrected chi connectivity index (χ1v) is 4.33. The molecule has 6 heteroatoms. The fourth-order valence-corrected chi connectivity index (χ4v) is 1.03. The number of hydrogen-bond donors (Lipinski definition) is 0. The average Bonchev–Trinajstić information content (AvgIpc) is 1.41. The summed E-state index contributed by atoms with van der Waals surface area (Å²) in [6, 6.07) is 0. The van der Waals surface area contributed by atoms with Crippen LogP contribution in [0.25, 0.3) is 0 Å². The van der Waals surface area contributed by atoms with Gasteiger partial charge in [-0.05, 0) is 0 Å². The Morgan fingerprint density at radius 3 is 1.00 bits per heavy atom. The summed E-state index contributed by atoms with van der Waals surface area (Å²) < 4.78 is 2.94. The van der Waals surface area contributed by atoms with Crippen molar-refractivity contribution in [2.24, 2.45) is 0 Å². The van der Waals surface area contributed by atoms with Crippen LogP contribution < -0.4 is 49.6 Å². The molecular formula is C4H10Cl4TiZn. The van der Waals surface area contributed by atoms with E-state index < -0.39 is 0 Å². The SMILES string of the molecule is C[CH2][Ti+2][CH2]C.[Cl-].[Cl-].[Cl-].[Cl-].[Zn+2]. The van der Waals surface area contributed by atoms with Crippen molar-refractivity contribution >= 4 is 0 Å². The van der Waals surface area contributed by atoms with Gasteiger partial charge in [-0.2, -0.15) is 0 Å². The summed E-state index contributed by atoms with van der Waals surface area (Å²) >= 11 is 0.528. The van der Waals surface area contributed by atoms with E-state index in [4.69, 9.17) is 0 Å². The molecule has 0 aliphatic carbocycles. The van der Waals surface area contributed by atoms with Crippen LogP contribution in [0, 0.1) is 0 Å². The number of hydrogen-bond acceptors (Lipinski definition) is 0. The summed E-state index contributed by atoms with van der Waals surface area (Å²) in [7, 11) is 0. The molecular weight excluding hydrogens is 303 g/mol. The molecule has 60 valence electrons. The Morgan fingerprint density at radius 2 is 1.00 bits per heavy atom. The van der Waals surface area contributed by atoms with Crippen LogP contribution >= 0.6 is 0 Å². The zero-order valence-electron chi connectivity index (χ0n) is 6.13. The zero-order chi connectivity index (χ0) is 4.12. The normalized spacial score (nSPS) is 3.40. The van der Waals surface area contributed by atoms with Crippen molar-refractivity contribution in [2.45, 2.75) is 23.3 Å². The summed E-state index contributed by atoms with van der Waals surface area (Å²) in [4.78, 5) is 0. The minimum atomic E-state index is 0. The van der Waals surface area contributed by atoms with Crippen LogP contribution in [0.3, 0.4) is 0 Å². The molecule has 0 atom stereocenters. The molecule has 0 bridgehead atoms. The maximum atomic E-state index is 2.27. The number of halogens is 4. The fraction of sp³-hybridized carbons (Fsp3) is 1.00. The van der Waals surface area contributed by atoms with Gasteiger partial charge in [0.1, 0.15) is 0 Å². The summed E-state index contributed by atoms with van der Waals surface area (Å²) in [6.07, 6.45) is 0. The van der Waals surface area contributed by atoms with E-state index in [0.717, 1.165) is 0 Å². The van der Waals surface area contributed by atoms with Gasteiger partial charge in [0.05, 0.1) is 0 Å². The van der Waals surface area contributed by atoms with Crippen molar-refractivity contribution in [3.8, 4) is 0 Å². The molecule has 0 aliphatic heterocycles. The van der Waals surface area contributed by atoms with Crippen molar-refractivity contribution in [3.05, 3.63) is 0 Å². The van der Waals surface area contributed by atoms with E-state index in [-0.39, 0.29) is 69.1 Å². The van der Waals surface area contributed by atoms with Crippen molar-refractivity contribution in [1.29, 1.82) is 0 Å². The Kier molecular flexibility index (Phi) is 164. The maximum Gasteiger partial charge on any atom is 2.00 e. The van der Waals surface area contributed by atoms with Gasteiger partial charge in [0.2, 0.25) is 0 Å². The molecule has 0 aliphatic rings. The van der Waals surface area contributed by atoms with Crippen molar-refractivity contribution < 1.29 is 88.3 Å². The molecule has 0 saturated heterocycles. The molecule has 0 N–H and O–H groups in total. The molecule has 0 unspecified atom stereocenters. The summed E-state index contributed by atoms with van der Waals surface area (Å²) in [5.41, 5.74) is 0. The Balaban J connectivity index is -0.00000000800. The Hall–Kier alpha value is 2.50. The molecule has 0 fully saturated rings. The molecule has 10 heavy (non-hydrogen) atoms. The third-order valence-electron chi connectivity index (χ3n) is 0.500. The molecule has 0 spiro atoms. The molecule has 0 saturated carbocycles. The van der Waals surface area contributed by atoms with Gasteiger partial charge >= 0.3 is 61.9 Å². The van der Waals surface area contributed by atoms with Gasteiger partial charge in [0.15, 0.2) is 0 Å². The molecule has 0 aromatic heterocycles. The quantitative estimate of drug-likeness (QED) is 0.444. The largest absolute Gasteiger partial charge is 2.00 e. The van der Waals surface area contributed by atoms with Gasteiger partial charge in [0.25, 0.3) is 0 Å². The number of rotatable bonds is 2. The molecule has 0 aromatic rings. The second-order valence-corrected chi connectivity index (χ2v) is 3.95. The summed E-state index contributed by atoms with van der Waals surface area (Å²) in [6.45, 7) is 4.53. The van der Waals surface area contributed by atoms with Crippen molar-refractivity contribution in [2.75, 3.05) is 0 Å². The van der Waals surface area contributed by atoms with E-state index in [9.17, 15) is 0 Å². The van der Waals surface area contributed by atoms with Gasteiger partial charge < -0.3 is 49.6 Å². The van der Waals surface area contributed by atoms with Crippen molar-refractivity contribution in [3.63, 3.8) is 0 Å². The van der Waals surface area contributed by atoms with Crippen molar-refractivity contribution in [1.82, 2.24) is 0 Å². The Morgan fingerprint density at radius 1 is 0.800 bits per heavy atom. The van der Waals surface area contributed by atoms with Gasteiger partial charge in [-0.3, -0.25) is 0 Å². The summed E-state index contributed by atoms with van der Waals surface area (Å²) in [5.74, 6) is 0. The topological polar surface area (TPSA) is 0 Å². The second-order valence-electron chi connectivity index (χ2n) is 0.957. The minimum absolute atomic E-state index is 0. The monoisotopic (exact) mass is 310 g/mol. The molecule has 0 heterocycles. The predicted octanol–water partition coefficient (Wildman–Crippen LogP) is -10.0.